The highest BCUT2D eigenvalue weighted by Crippen LogP contribution is 2.41. The van der Waals surface area contributed by atoms with Crippen LogP contribution >= 0.6 is 0 Å². The molecule has 0 aliphatic rings. The predicted octanol–water partition coefficient (Wildman–Crippen LogP) is 2.57. The first-order valence-electron chi connectivity index (χ1n) is 6.11. The van der Waals surface area contributed by atoms with Crippen LogP contribution < -0.4 is 18.9 Å². The van der Waals surface area contributed by atoms with Gasteiger partial charge >= 0.3 is 5.97 Å². The van der Waals surface area contributed by atoms with E-state index < -0.39 is 5.97 Å². The van der Waals surface area contributed by atoms with Gasteiger partial charge in [-0.05, 0) is 23.6 Å². The molecular formula is C15H16O6. The first-order chi connectivity index (χ1) is 10.1. The number of carbonyl (C=O) groups is 1. The van der Waals surface area contributed by atoms with Crippen LogP contribution in [0, 0.1) is 0 Å². The van der Waals surface area contributed by atoms with Gasteiger partial charge in [0.2, 0.25) is 0 Å². The maximum atomic E-state index is 11.5. The molecule has 0 aliphatic carbocycles. The Hall–Kier alpha value is -2.63. The minimum Gasteiger partial charge on any atom is -0.496 e. The van der Waals surface area contributed by atoms with Crippen LogP contribution in [0.4, 0.5) is 0 Å². The summed E-state index contributed by atoms with van der Waals surface area (Å²) in [6, 6.07) is 5.05. The second-order valence-corrected chi connectivity index (χ2v) is 4.22. The summed E-state index contributed by atoms with van der Waals surface area (Å²) in [6.07, 6.45) is 0. The number of methoxy groups -OCH3 is 4. The fourth-order valence-electron chi connectivity index (χ4n) is 2.25. The zero-order valence-corrected chi connectivity index (χ0v) is 12.2. The molecule has 0 fully saturated rings. The third kappa shape index (κ3) is 2.40. The molecule has 1 N–H and O–H groups in total. The van der Waals surface area contributed by atoms with Crippen LogP contribution in [0.2, 0.25) is 0 Å². The topological polar surface area (TPSA) is 74.2 Å². The van der Waals surface area contributed by atoms with Gasteiger partial charge in [0.05, 0.1) is 28.4 Å². The van der Waals surface area contributed by atoms with Gasteiger partial charge in [-0.2, -0.15) is 0 Å². The van der Waals surface area contributed by atoms with Crippen LogP contribution in [-0.4, -0.2) is 39.5 Å². The van der Waals surface area contributed by atoms with Gasteiger partial charge < -0.3 is 24.1 Å². The van der Waals surface area contributed by atoms with Crippen LogP contribution in [0.25, 0.3) is 10.8 Å². The Kier molecular flexibility index (Phi) is 4.07. The van der Waals surface area contributed by atoms with E-state index in [1.165, 1.54) is 28.4 Å². The van der Waals surface area contributed by atoms with Gasteiger partial charge in [0.25, 0.3) is 0 Å². The SMILES string of the molecule is COc1cc2cc(OC)c(C(=O)O)c(OC)c2cc1OC. The summed E-state index contributed by atoms with van der Waals surface area (Å²) in [5.41, 5.74) is -0.0280. The molecule has 2 aromatic rings. The van der Waals surface area contributed by atoms with Crippen molar-refractivity contribution >= 4 is 16.7 Å². The van der Waals surface area contributed by atoms with E-state index in [0.717, 1.165) is 5.39 Å². The van der Waals surface area contributed by atoms with Crippen molar-refractivity contribution in [2.45, 2.75) is 0 Å². The van der Waals surface area contributed by atoms with Gasteiger partial charge in [-0.3, -0.25) is 0 Å². The van der Waals surface area contributed by atoms with Gasteiger partial charge in [0.1, 0.15) is 17.1 Å². The predicted molar refractivity (Wildman–Crippen MR) is 77.1 cm³/mol. The van der Waals surface area contributed by atoms with Crippen LogP contribution in [0.5, 0.6) is 23.0 Å². The molecule has 6 heteroatoms. The van der Waals surface area contributed by atoms with Crippen molar-refractivity contribution in [1.29, 1.82) is 0 Å². The third-order valence-electron chi connectivity index (χ3n) is 3.20. The molecule has 0 saturated heterocycles. The Morgan fingerprint density at radius 1 is 0.857 bits per heavy atom. The Bertz CT molecular complexity index is 692. The van der Waals surface area contributed by atoms with Crippen molar-refractivity contribution in [3.8, 4) is 23.0 Å². The normalized spacial score (nSPS) is 10.3. The Morgan fingerprint density at radius 3 is 1.86 bits per heavy atom. The number of hydrogen-bond donors (Lipinski definition) is 1. The molecule has 0 aliphatic heterocycles. The molecule has 2 aromatic carbocycles. The highest BCUT2D eigenvalue weighted by Gasteiger charge is 2.22. The number of aromatic carboxylic acids is 1. The van der Waals surface area contributed by atoms with E-state index in [4.69, 9.17) is 18.9 Å². The lowest BCUT2D eigenvalue weighted by Crippen LogP contribution is -2.05. The van der Waals surface area contributed by atoms with Crippen LogP contribution in [0.3, 0.4) is 0 Å². The standard InChI is InChI=1S/C15H16O6/c1-18-10-5-8-6-12(20-3)13(15(16)17)14(21-4)9(8)7-11(10)19-2/h5-7H,1-4H3,(H,16,17). The summed E-state index contributed by atoms with van der Waals surface area (Å²) < 4.78 is 20.9. The number of rotatable bonds is 5. The highest BCUT2D eigenvalue weighted by atomic mass is 16.5. The van der Waals surface area contributed by atoms with Crippen LogP contribution in [0.1, 0.15) is 10.4 Å². The van der Waals surface area contributed by atoms with E-state index >= 15 is 0 Å². The lowest BCUT2D eigenvalue weighted by molar-refractivity contribution is 0.0690. The number of hydrogen-bond acceptors (Lipinski definition) is 5. The van der Waals surface area contributed by atoms with Gasteiger partial charge in [0.15, 0.2) is 11.5 Å². The fourth-order valence-corrected chi connectivity index (χ4v) is 2.25. The van der Waals surface area contributed by atoms with Crippen molar-refractivity contribution in [1.82, 2.24) is 0 Å². The molecule has 21 heavy (non-hydrogen) atoms. The molecule has 0 aromatic heterocycles. The quantitative estimate of drug-likeness (QED) is 0.913. The summed E-state index contributed by atoms with van der Waals surface area (Å²) >= 11 is 0. The van der Waals surface area contributed by atoms with Crippen molar-refractivity contribution in [3.63, 3.8) is 0 Å². The number of benzene rings is 2. The molecular weight excluding hydrogens is 276 g/mol. The Morgan fingerprint density at radius 2 is 1.38 bits per heavy atom. The number of fused-ring (bicyclic) bond motifs is 1. The minimum atomic E-state index is -1.12. The molecule has 0 radical (unpaired) electrons. The number of carboxylic acid groups (broad SMARTS) is 1. The Balaban J connectivity index is 2.90. The molecule has 0 spiro atoms. The van der Waals surface area contributed by atoms with E-state index in [9.17, 15) is 9.90 Å². The van der Waals surface area contributed by atoms with E-state index in [1.54, 1.807) is 18.2 Å². The summed E-state index contributed by atoms with van der Waals surface area (Å²) in [4.78, 5) is 11.5. The molecule has 0 heterocycles. The molecule has 112 valence electrons. The zero-order valence-electron chi connectivity index (χ0n) is 12.2. The lowest BCUT2D eigenvalue weighted by Gasteiger charge is -2.15. The molecule has 6 nitrogen and oxygen atoms in total. The highest BCUT2D eigenvalue weighted by molar-refractivity contribution is 6.04. The molecule has 0 amide bonds. The second-order valence-electron chi connectivity index (χ2n) is 4.22. The monoisotopic (exact) mass is 292 g/mol. The third-order valence-corrected chi connectivity index (χ3v) is 3.20. The van der Waals surface area contributed by atoms with E-state index in [1.807, 2.05) is 0 Å². The average molecular weight is 292 g/mol. The van der Waals surface area contributed by atoms with Crippen molar-refractivity contribution in [2.75, 3.05) is 28.4 Å². The summed E-state index contributed by atoms with van der Waals surface area (Å²) in [6.45, 7) is 0. The maximum Gasteiger partial charge on any atom is 0.343 e. The number of carboxylic acids is 1. The zero-order chi connectivity index (χ0) is 15.6. The van der Waals surface area contributed by atoms with E-state index in [2.05, 4.69) is 0 Å². The van der Waals surface area contributed by atoms with Gasteiger partial charge in [0, 0.05) is 5.39 Å². The van der Waals surface area contributed by atoms with Gasteiger partial charge in [-0.15, -0.1) is 0 Å². The maximum absolute atomic E-state index is 11.5. The Labute approximate surface area is 121 Å². The molecule has 2 rings (SSSR count). The van der Waals surface area contributed by atoms with Crippen molar-refractivity contribution < 1.29 is 28.8 Å². The second kappa shape index (κ2) is 5.78. The van der Waals surface area contributed by atoms with E-state index in [-0.39, 0.29) is 17.1 Å². The van der Waals surface area contributed by atoms with Crippen molar-refractivity contribution in [3.05, 3.63) is 23.8 Å². The molecule has 0 atom stereocenters. The first kappa shape index (κ1) is 14.8. The smallest absolute Gasteiger partial charge is 0.343 e. The summed E-state index contributed by atoms with van der Waals surface area (Å²) in [5.74, 6) is 0.347. The summed E-state index contributed by atoms with van der Waals surface area (Å²) in [5, 5.41) is 10.7. The van der Waals surface area contributed by atoms with Crippen molar-refractivity contribution in [2.24, 2.45) is 0 Å². The van der Waals surface area contributed by atoms with Crippen LogP contribution in [0.15, 0.2) is 18.2 Å². The fraction of sp³-hybridized carbons (Fsp3) is 0.267. The number of ether oxygens (including phenoxy) is 4. The molecule has 0 unspecified atom stereocenters. The molecule has 0 bridgehead atoms. The van der Waals surface area contributed by atoms with Gasteiger partial charge in [-0.1, -0.05) is 0 Å². The van der Waals surface area contributed by atoms with Crippen LogP contribution in [-0.2, 0) is 0 Å². The first-order valence-corrected chi connectivity index (χ1v) is 6.11. The van der Waals surface area contributed by atoms with E-state index in [0.29, 0.717) is 16.9 Å². The lowest BCUT2D eigenvalue weighted by atomic mass is 10.0. The summed E-state index contributed by atoms with van der Waals surface area (Å²) in [7, 11) is 5.87. The minimum absolute atomic E-state index is 0.0280. The van der Waals surface area contributed by atoms with Gasteiger partial charge in [-0.25, -0.2) is 4.79 Å². The average Bonchev–Trinajstić information content (AvgIpc) is 2.50. The largest absolute Gasteiger partial charge is 0.496 e. The molecule has 0 saturated carbocycles.